The molecule has 2 aromatic heterocycles. The quantitative estimate of drug-likeness (QED) is 0.299. The molecule has 3 aromatic rings. The van der Waals surface area contributed by atoms with E-state index in [9.17, 15) is 4.79 Å². The average Bonchev–Trinajstić information content (AvgIpc) is 3.11. The molecule has 0 spiro atoms. The molecule has 0 fully saturated rings. The van der Waals surface area contributed by atoms with Gasteiger partial charge in [-0.3, -0.25) is 10.2 Å². The van der Waals surface area contributed by atoms with Crippen LogP contribution in [0, 0.1) is 0 Å². The van der Waals surface area contributed by atoms with Gasteiger partial charge in [0.05, 0.1) is 4.88 Å². The van der Waals surface area contributed by atoms with Gasteiger partial charge in [-0.25, -0.2) is 10.8 Å². The van der Waals surface area contributed by atoms with Crippen molar-refractivity contribution in [2.45, 2.75) is 10.9 Å². The Morgan fingerprint density at radius 3 is 3.05 bits per heavy atom. The minimum atomic E-state index is -0.249. The number of nitrogens with two attached hydrogens (primary N) is 1. The summed E-state index contributed by atoms with van der Waals surface area (Å²) in [5.74, 6) is 5.69. The number of nitrogens with one attached hydrogen (secondary N) is 2. The molecule has 7 heteroatoms. The van der Waals surface area contributed by atoms with Crippen LogP contribution in [0.4, 0.5) is 0 Å². The molecule has 0 saturated heterocycles. The zero-order valence-corrected chi connectivity index (χ0v) is 12.1. The van der Waals surface area contributed by atoms with Crippen molar-refractivity contribution < 1.29 is 4.79 Å². The number of H-pyrrole nitrogens is 1. The molecule has 0 aliphatic rings. The van der Waals surface area contributed by atoms with Gasteiger partial charge >= 0.3 is 0 Å². The zero-order chi connectivity index (χ0) is 13.9. The Morgan fingerprint density at radius 2 is 2.30 bits per heavy atom. The van der Waals surface area contributed by atoms with E-state index in [2.05, 4.69) is 15.4 Å². The minimum Gasteiger partial charge on any atom is -0.340 e. The van der Waals surface area contributed by atoms with Crippen LogP contribution in [0.15, 0.2) is 41.8 Å². The van der Waals surface area contributed by atoms with Gasteiger partial charge < -0.3 is 4.98 Å². The Morgan fingerprint density at radius 1 is 1.45 bits per heavy atom. The number of hydrogen-bond donors (Lipinski definition) is 3. The predicted molar refractivity (Wildman–Crippen MR) is 81.6 cm³/mol. The number of nitrogens with zero attached hydrogens (tertiary/aromatic N) is 1. The van der Waals surface area contributed by atoms with Crippen LogP contribution in [-0.4, -0.2) is 15.9 Å². The number of aromatic amines is 1. The van der Waals surface area contributed by atoms with Crippen molar-refractivity contribution in [3.63, 3.8) is 0 Å². The van der Waals surface area contributed by atoms with Gasteiger partial charge in [0.1, 0.15) is 0 Å². The van der Waals surface area contributed by atoms with Gasteiger partial charge in [-0.1, -0.05) is 30.0 Å². The van der Waals surface area contributed by atoms with Crippen molar-refractivity contribution in [1.82, 2.24) is 15.4 Å². The molecule has 1 aromatic carbocycles. The largest absolute Gasteiger partial charge is 0.340 e. The van der Waals surface area contributed by atoms with E-state index in [1.54, 1.807) is 24.2 Å². The lowest BCUT2D eigenvalue weighted by Crippen LogP contribution is -2.29. The van der Waals surface area contributed by atoms with Gasteiger partial charge in [-0.05, 0) is 17.0 Å². The first-order valence-electron chi connectivity index (χ1n) is 5.93. The van der Waals surface area contributed by atoms with E-state index >= 15 is 0 Å². The Kier molecular flexibility index (Phi) is 3.72. The summed E-state index contributed by atoms with van der Waals surface area (Å²) in [5.41, 5.74) is 3.21. The molecule has 0 atom stereocenters. The van der Waals surface area contributed by atoms with Crippen molar-refractivity contribution in [1.29, 1.82) is 0 Å². The molecule has 0 saturated carbocycles. The summed E-state index contributed by atoms with van der Waals surface area (Å²) in [5, 5.41) is 1.93. The van der Waals surface area contributed by atoms with Gasteiger partial charge in [0.2, 0.25) is 0 Å². The highest BCUT2D eigenvalue weighted by molar-refractivity contribution is 7.98. The lowest BCUT2D eigenvalue weighted by atomic mass is 10.1. The van der Waals surface area contributed by atoms with E-state index in [0.717, 1.165) is 20.8 Å². The average molecular weight is 304 g/mol. The first-order valence-corrected chi connectivity index (χ1v) is 7.73. The third kappa shape index (κ3) is 2.43. The van der Waals surface area contributed by atoms with Gasteiger partial charge in [0.25, 0.3) is 5.91 Å². The number of thioether (sulfide) groups is 1. The number of fused-ring (bicyclic) bond motifs is 1. The summed E-state index contributed by atoms with van der Waals surface area (Å²) in [6.07, 6.45) is 3.49. The van der Waals surface area contributed by atoms with E-state index in [-0.39, 0.29) is 5.91 Å². The maximum Gasteiger partial charge on any atom is 0.275 e. The first-order chi connectivity index (χ1) is 9.79. The smallest absolute Gasteiger partial charge is 0.275 e. The Balaban J connectivity index is 1.99. The fourth-order valence-corrected chi connectivity index (χ4v) is 4.05. The number of hydrogen-bond acceptors (Lipinski definition) is 5. The Bertz CT molecular complexity index is 736. The number of imidazole rings is 1. The number of aromatic nitrogens is 2. The van der Waals surface area contributed by atoms with Gasteiger partial charge in [0, 0.05) is 22.8 Å². The number of rotatable bonds is 4. The number of hydrazine groups is 1. The standard InChI is InChI=1S/C13H12N4OS2/c14-17-12(18)11-9(7-19-13-15-5-6-16-13)8-3-1-2-4-10(8)20-11/h1-6H,7,14H2,(H,15,16)(H,17,18). The molecule has 20 heavy (non-hydrogen) atoms. The van der Waals surface area contributed by atoms with Gasteiger partial charge in [-0.2, -0.15) is 0 Å². The van der Waals surface area contributed by atoms with Crippen LogP contribution >= 0.6 is 23.1 Å². The number of amides is 1. The Labute approximate surface area is 123 Å². The molecule has 0 unspecified atom stereocenters. The van der Waals surface area contributed by atoms with Crippen LogP contribution in [-0.2, 0) is 5.75 Å². The van der Waals surface area contributed by atoms with Crippen LogP contribution in [0.25, 0.3) is 10.1 Å². The fraction of sp³-hybridized carbons (Fsp3) is 0.0769. The molecule has 2 heterocycles. The monoisotopic (exact) mass is 304 g/mol. The van der Waals surface area contributed by atoms with E-state index in [1.165, 1.54) is 11.3 Å². The molecule has 0 radical (unpaired) electrons. The summed E-state index contributed by atoms with van der Waals surface area (Å²) in [6, 6.07) is 7.97. The van der Waals surface area contributed by atoms with Crippen molar-refractivity contribution in [3.05, 3.63) is 47.1 Å². The first kappa shape index (κ1) is 13.2. The van der Waals surface area contributed by atoms with Crippen LogP contribution in [0.2, 0.25) is 0 Å². The molecule has 4 N–H and O–H groups in total. The third-order valence-electron chi connectivity index (χ3n) is 2.86. The fourth-order valence-electron chi connectivity index (χ4n) is 1.96. The number of benzene rings is 1. The van der Waals surface area contributed by atoms with Crippen molar-refractivity contribution in [2.24, 2.45) is 5.84 Å². The lowest BCUT2D eigenvalue weighted by Gasteiger charge is -2.02. The Hall–Kier alpha value is -1.83. The van der Waals surface area contributed by atoms with E-state index in [1.807, 2.05) is 24.3 Å². The second kappa shape index (κ2) is 5.66. The summed E-state index contributed by atoms with van der Waals surface area (Å²) in [4.78, 5) is 19.8. The van der Waals surface area contributed by atoms with E-state index in [0.29, 0.717) is 10.6 Å². The third-order valence-corrected chi connectivity index (χ3v) is 5.00. The maximum atomic E-state index is 11.9. The van der Waals surface area contributed by atoms with Crippen molar-refractivity contribution in [2.75, 3.05) is 0 Å². The highest BCUT2D eigenvalue weighted by Gasteiger charge is 2.17. The number of carbonyl (C=O) groups excluding carboxylic acids is 1. The summed E-state index contributed by atoms with van der Waals surface area (Å²) in [7, 11) is 0. The topological polar surface area (TPSA) is 83.8 Å². The highest BCUT2D eigenvalue weighted by atomic mass is 32.2. The lowest BCUT2D eigenvalue weighted by molar-refractivity contribution is 0.0957. The molecule has 0 aliphatic carbocycles. The van der Waals surface area contributed by atoms with Crippen LogP contribution in [0.1, 0.15) is 15.2 Å². The summed E-state index contributed by atoms with van der Waals surface area (Å²) < 4.78 is 1.08. The second-order valence-corrected chi connectivity index (χ2v) is 6.08. The second-order valence-electron chi connectivity index (χ2n) is 4.06. The zero-order valence-electron chi connectivity index (χ0n) is 10.4. The molecular formula is C13H12N4OS2. The molecule has 0 aliphatic heterocycles. The molecular weight excluding hydrogens is 292 g/mol. The van der Waals surface area contributed by atoms with E-state index in [4.69, 9.17) is 5.84 Å². The highest BCUT2D eigenvalue weighted by Crippen LogP contribution is 2.34. The van der Waals surface area contributed by atoms with Crippen molar-refractivity contribution >= 4 is 39.1 Å². The molecule has 3 rings (SSSR count). The minimum absolute atomic E-state index is 0.249. The molecule has 0 bridgehead atoms. The van der Waals surface area contributed by atoms with Crippen LogP contribution < -0.4 is 11.3 Å². The van der Waals surface area contributed by atoms with E-state index < -0.39 is 0 Å². The normalized spacial score (nSPS) is 10.8. The van der Waals surface area contributed by atoms with Crippen LogP contribution in [0.5, 0.6) is 0 Å². The van der Waals surface area contributed by atoms with Crippen LogP contribution in [0.3, 0.4) is 0 Å². The number of nitrogen functional groups attached to an aromatic ring is 1. The number of thiophene rings is 1. The molecule has 1 amide bonds. The van der Waals surface area contributed by atoms with Gasteiger partial charge in [-0.15, -0.1) is 11.3 Å². The maximum absolute atomic E-state index is 11.9. The SMILES string of the molecule is NNC(=O)c1sc2ccccc2c1CSc1ncc[nH]1. The van der Waals surface area contributed by atoms with Crippen molar-refractivity contribution in [3.8, 4) is 0 Å². The number of carbonyl (C=O) groups is 1. The summed E-state index contributed by atoms with van der Waals surface area (Å²) in [6.45, 7) is 0. The summed E-state index contributed by atoms with van der Waals surface area (Å²) >= 11 is 3.02. The molecule has 102 valence electrons. The van der Waals surface area contributed by atoms with Gasteiger partial charge in [0.15, 0.2) is 5.16 Å². The molecule has 5 nitrogen and oxygen atoms in total. The predicted octanol–water partition coefficient (Wildman–Crippen LogP) is 2.52.